The summed E-state index contributed by atoms with van der Waals surface area (Å²) in [5, 5.41) is 10.4. The molecule has 2 aromatic carbocycles. The second-order valence-electron chi connectivity index (χ2n) is 6.99. The van der Waals surface area contributed by atoms with E-state index >= 15 is 0 Å². The van der Waals surface area contributed by atoms with Crippen LogP contribution >= 0.6 is 0 Å². The zero-order valence-electron chi connectivity index (χ0n) is 17.4. The fourth-order valence-corrected chi connectivity index (χ4v) is 3.16. The number of benzene rings is 2. The van der Waals surface area contributed by atoms with Crippen molar-refractivity contribution in [2.75, 3.05) is 13.7 Å². The molecule has 1 N–H and O–H groups in total. The Hall–Kier alpha value is -3.48. The maximum absolute atomic E-state index is 14.7. The van der Waals surface area contributed by atoms with Crippen molar-refractivity contribution in [2.45, 2.75) is 26.9 Å². The largest absolute Gasteiger partial charge is 0.497 e. The first-order valence-corrected chi connectivity index (χ1v) is 9.52. The number of nitrogens with one attached hydrogen (secondary N) is 1. The molecule has 3 aromatic rings. The Morgan fingerprint density at radius 1 is 1.13 bits per heavy atom. The number of carbonyl (C=O) groups is 1. The van der Waals surface area contributed by atoms with Gasteiger partial charge in [0.25, 0.3) is 5.91 Å². The third-order valence-corrected chi connectivity index (χ3v) is 4.69. The molecule has 1 aromatic heterocycles. The lowest BCUT2D eigenvalue weighted by atomic mass is 10.0. The van der Waals surface area contributed by atoms with Gasteiger partial charge < -0.3 is 14.8 Å². The van der Waals surface area contributed by atoms with E-state index in [-0.39, 0.29) is 17.9 Å². The minimum atomic E-state index is -1.33. The highest BCUT2D eigenvalue weighted by Crippen LogP contribution is 2.28. The zero-order valence-corrected chi connectivity index (χ0v) is 17.4. The quantitative estimate of drug-likeness (QED) is 0.615. The van der Waals surface area contributed by atoms with E-state index in [1.165, 1.54) is 6.20 Å². The minimum Gasteiger partial charge on any atom is -0.497 e. The molecule has 30 heavy (non-hydrogen) atoms. The van der Waals surface area contributed by atoms with Crippen LogP contribution in [0.3, 0.4) is 0 Å². The van der Waals surface area contributed by atoms with E-state index in [1.54, 1.807) is 44.4 Å². The predicted molar refractivity (Wildman–Crippen MR) is 112 cm³/mol. The maximum Gasteiger partial charge on any atom is 0.257 e. The zero-order chi connectivity index (χ0) is 21.7. The molecule has 156 valence electrons. The number of methoxy groups -OCH3 is 1. The van der Waals surface area contributed by atoms with E-state index in [0.29, 0.717) is 22.8 Å². The molecule has 1 amide bonds. The average Bonchev–Trinajstić information content (AvgIpc) is 2.72. The Balaban J connectivity index is 1.77. The Kier molecular flexibility index (Phi) is 6.61. The highest BCUT2D eigenvalue weighted by molar-refractivity contribution is 5.97. The molecular weight excluding hydrogens is 385 g/mol. The summed E-state index contributed by atoms with van der Waals surface area (Å²) in [6.07, 6.45) is 0.0331. The van der Waals surface area contributed by atoms with Crippen molar-refractivity contribution in [1.29, 1.82) is 0 Å². The van der Waals surface area contributed by atoms with Gasteiger partial charge in [0.2, 0.25) is 0 Å². The molecule has 6 nitrogen and oxygen atoms in total. The lowest BCUT2D eigenvalue weighted by molar-refractivity contribution is 0.0938. The van der Waals surface area contributed by atoms with Crippen LogP contribution < -0.4 is 14.8 Å². The molecule has 7 heteroatoms. The number of amides is 1. The molecule has 1 unspecified atom stereocenters. The molecule has 0 fully saturated rings. The molecule has 1 atom stereocenters. The number of hydrogen-bond acceptors (Lipinski definition) is 5. The molecule has 0 saturated carbocycles. The monoisotopic (exact) mass is 409 g/mol. The fraction of sp³-hybridized carbons (Fsp3) is 0.261. The number of hydrogen-bond donors (Lipinski definition) is 1. The average molecular weight is 409 g/mol. The van der Waals surface area contributed by atoms with Gasteiger partial charge in [-0.05, 0) is 44.0 Å². The van der Waals surface area contributed by atoms with E-state index in [9.17, 15) is 9.18 Å². The van der Waals surface area contributed by atoms with Crippen molar-refractivity contribution in [3.05, 3.63) is 76.6 Å². The molecule has 0 radical (unpaired) electrons. The first-order chi connectivity index (χ1) is 14.4. The summed E-state index contributed by atoms with van der Waals surface area (Å²) in [5.41, 5.74) is 3.06. The predicted octanol–water partition coefficient (Wildman–Crippen LogP) is 4.64. The van der Waals surface area contributed by atoms with Crippen molar-refractivity contribution in [1.82, 2.24) is 15.5 Å². The SMILES string of the molecule is COc1cccc(Oc2cnnc(C)c2C(=O)NCC(F)c2ccc(C)cc2C)c1. The summed E-state index contributed by atoms with van der Waals surface area (Å²) >= 11 is 0. The number of halogens is 1. The standard InChI is InChI=1S/C23H24FN3O3/c1-14-8-9-19(15(2)10-14)20(24)12-25-23(28)22-16(3)27-26-13-21(22)30-18-7-5-6-17(11-18)29-4/h5-11,13,20H,12H2,1-4H3,(H,25,28). The van der Waals surface area contributed by atoms with Crippen molar-refractivity contribution in [2.24, 2.45) is 0 Å². The van der Waals surface area contributed by atoms with Gasteiger partial charge in [-0.1, -0.05) is 29.8 Å². The van der Waals surface area contributed by atoms with Crippen molar-refractivity contribution in [3.8, 4) is 17.2 Å². The van der Waals surface area contributed by atoms with Crippen LogP contribution in [0.25, 0.3) is 0 Å². The van der Waals surface area contributed by atoms with Crippen molar-refractivity contribution < 1.29 is 18.7 Å². The van der Waals surface area contributed by atoms with Crippen LogP contribution in [0.1, 0.15) is 38.9 Å². The maximum atomic E-state index is 14.7. The van der Waals surface area contributed by atoms with Gasteiger partial charge in [-0.3, -0.25) is 4.79 Å². The highest BCUT2D eigenvalue weighted by atomic mass is 19.1. The van der Waals surface area contributed by atoms with E-state index in [0.717, 1.165) is 11.1 Å². The summed E-state index contributed by atoms with van der Waals surface area (Å²) in [6, 6.07) is 12.5. The second kappa shape index (κ2) is 9.35. The van der Waals surface area contributed by atoms with Crippen molar-refractivity contribution >= 4 is 5.91 Å². The lowest BCUT2D eigenvalue weighted by Gasteiger charge is -2.15. The third-order valence-electron chi connectivity index (χ3n) is 4.69. The van der Waals surface area contributed by atoms with Gasteiger partial charge in [-0.2, -0.15) is 10.2 Å². The van der Waals surface area contributed by atoms with E-state index < -0.39 is 12.1 Å². The van der Waals surface area contributed by atoms with Crippen LogP contribution in [0.5, 0.6) is 17.2 Å². The number of aryl methyl sites for hydroxylation is 3. The normalized spacial score (nSPS) is 11.6. The fourth-order valence-electron chi connectivity index (χ4n) is 3.16. The lowest BCUT2D eigenvalue weighted by Crippen LogP contribution is -2.28. The van der Waals surface area contributed by atoms with Gasteiger partial charge >= 0.3 is 0 Å². The number of nitrogens with zero attached hydrogens (tertiary/aromatic N) is 2. The molecule has 3 rings (SSSR count). The first kappa shape index (κ1) is 21.2. The van der Waals surface area contributed by atoms with Gasteiger partial charge in [0.05, 0.1) is 25.5 Å². The molecule has 0 saturated heterocycles. The first-order valence-electron chi connectivity index (χ1n) is 9.52. The summed E-state index contributed by atoms with van der Waals surface area (Å²) < 4.78 is 25.8. The molecular formula is C23H24FN3O3. The van der Waals surface area contributed by atoms with E-state index in [2.05, 4.69) is 15.5 Å². The topological polar surface area (TPSA) is 73.3 Å². The molecule has 0 aliphatic rings. The number of carbonyl (C=O) groups excluding carboxylic acids is 1. The summed E-state index contributed by atoms with van der Waals surface area (Å²) in [7, 11) is 1.55. The third kappa shape index (κ3) is 4.92. The molecule has 0 bridgehead atoms. The number of alkyl halides is 1. The van der Waals surface area contributed by atoms with Crippen LogP contribution in [0, 0.1) is 20.8 Å². The number of rotatable bonds is 7. The molecule has 1 heterocycles. The van der Waals surface area contributed by atoms with Crippen LogP contribution in [0.4, 0.5) is 4.39 Å². The van der Waals surface area contributed by atoms with Gasteiger partial charge in [0, 0.05) is 6.07 Å². The highest BCUT2D eigenvalue weighted by Gasteiger charge is 2.20. The van der Waals surface area contributed by atoms with Gasteiger partial charge in [0.1, 0.15) is 23.2 Å². The van der Waals surface area contributed by atoms with Gasteiger partial charge in [-0.25, -0.2) is 4.39 Å². The van der Waals surface area contributed by atoms with Crippen LogP contribution in [-0.4, -0.2) is 29.8 Å². The second-order valence-corrected chi connectivity index (χ2v) is 6.99. The molecule has 0 aliphatic heterocycles. The minimum absolute atomic E-state index is 0.164. The smallest absolute Gasteiger partial charge is 0.257 e. The van der Waals surface area contributed by atoms with Crippen LogP contribution in [0.15, 0.2) is 48.7 Å². The summed E-state index contributed by atoms with van der Waals surface area (Å²) in [5.74, 6) is 0.850. The van der Waals surface area contributed by atoms with Gasteiger partial charge in [0.15, 0.2) is 5.75 Å². The molecule has 0 spiro atoms. The van der Waals surface area contributed by atoms with Gasteiger partial charge in [-0.15, -0.1) is 0 Å². The van der Waals surface area contributed by atoms with E-state index in [1.807, 2.05) is 26.0 Å². The van der Waals surface area contributed by atoms with Crippen LogP contribution in [0.2, 0.25) is 0 Å². The number of ether oxygens (including phenoxy) is 2. The summed E-state index contributed by atoms with van der Waals surface area (Å²) in [6.45, 7) is 5.29. The Labute approximate surface area is 175 Å². The number of aromatic nitrogens is 2. The van der Waals surface area contributed by atoms with Crippen molar-refractivity contribution in [3.63, 3.8) is 0 Å². The van der Waals surface area contributed by atoms with E-state index in [4.69, 9.17) is 9.47 Å². The summed E-state index contributed by atoms with van der Waals surface area (Å²) in [4.78, 5) is 12.8. The Morgan fingerprint density at radius 3 is 2.63 bits per heavy atom. The Morgan fingerprint density at radius 2 is 1.90 bits per heavy atom. The molecule has 0 aliphatic carbocycles. The Bertz CT molecular complexity index is 1060. The van der Waals surface area contributed by atoms with Crippen LogP contribution in [-0.2, 0) is 0 Å².